The molecule has 4 aliphatic rings. The van der Waals surface area contributed by atoms with Gasteiger partial charge < -0.3 is 19.4 Å². The topological polar surface area (TPSA) is 88.8 Å². The van der Waals surface area contributed by atoms with Gasteiger partial charge in [-0.15, -0.1) is 0 Å². The van der Waals surface area contributed by atoms with Crippen LogP contribution in [0.3, 0.4) is 0 Å². The summed E-state index contributed by atoms with van der Waals surface area (Å²) >= 11 is 0. The number of carbonyl (C=O) groups excluding carboxylic acids is 1. The number of likely N-dealkylation sites (tertiary alicyclic amines) is 1. The Morgan fingerprint density at radius 1 is 1.12 bits per heavy atom. The Bertz CT molecular complexity index is 1370. The van der Waals surface area contributed by atoms with Crippen molar-refractivity contribution in [3.8, 4) is 12.1 Å². The molecule has 2 saturated heterocycles. The van der Waals surface area contributed by atoms with Crippen molar-refractivity contribution in [3.63, 3.8) is 0 Å². The van der Waals surface area contributed by atoms with Gasteiger partial charge in [0.25, 0.3) is 0 Å². The van der Waals surface area contributed by atoms with Crippen LogP contribution in [-0.4, -0.2) is 89.2 Å². The van der Waals surface area contributed by atoms with Gasteiger partial charge in [-0.25, -0.2) is 0 Å². The van der Waals surface area contributed by atoms with Crippen molar-refractivity contribution < 1.29 is 9.53 Å². The van der Waals surface area contributed by atoms with E-state index in [1.807, 2.05) is 0 Å². The highest BCUT2D eigenvalue weighted by atomic mass is 16.5. The van der Waals surface area contributed by atoms with Gasteiger partial charge in [0.2, 0.25) is 5.91 Å². The number of para-hydroxylation sites is 1. The fourth-order valence-corrected chi connectivity index (χ4v) is 7.71. The molecule has 0 N–H and O–H groups in total. The van der Waals surface area contributed by atoms with Crippen molar-refractivity contribution in [2.75, 3.05) is 49.1 Å². The predicted octanol–water partition coefficient (Wildman–Crippen LogP) is 4.16. The number of nitrogens with zero attached hydrogens (tertiary/aromatic N) is 7. The van der Waals surface area contributed by atoms with Gasteiger partial charge in [0.1, 0.15) is 12.4 Å². The first-order valence-electron chi connectivity index (χ1n) is 16.1. The second-order valence-corrected chi connectivity index (χ2v) is 12.7. The Morgan fingerprint density at radius 2 is 1.98 bits per heavy atom. The molecule has 9 nitrogen and oxygen atoms in total. The maximum atomic E-state index is 12.6. The summed E-state index contributed by atoms with van der Waals surface area (Å²) in [7, 11) is 0. The molecule has 0 spiro atoms. The van der Waals surface area contributed by atoms with E-state index in [2.05, 4.69) is 65.5 Å². The Hall–Kier alpha value is -3.64. The molecule has 0 saturated carbocycles. The highest BCUT2D eigenvalue weighted by molar-refractivity contribution is 5.87. The lowest BCUT2D eigenvalue weighted by Gasteiger charge is -2.43. The number of aromatic nitrogens is 2. The van der Waals surface area contributed by atoms with Crippen LogP contribution in [0.5, 0.6) is 6.01 Å². The third kappa shape index (κ3) is 6.08. The molecule has 3 atom stereocenters. The predicted molar refractivity (Wildman–Crippen MR) is 168 cm³/mol. The number of benzene rings is 1. The van der Waals surface area contributed by atoms with Crippen LogP contribution in [0, 0.1) is 11.3 Å². The lowest BCUT2D eigenvalue weighted by molar-refractivity contribution is -0.128. The third-order valence-corrected chi connectivity index (χ3v) is 9.85. The number of amides is 1. The molecule has 1 aromatic carbocycles. The van der Waals surface area contributed by atoms with Gasteiger partial charge in [-0.1, -0.05) is 24.8 Å². The Labute approximate surface area is 256 Å². The highest BCUT2D eigenvalue weighted by Gasteiger charge is 2.35. The van der Waals surface area contributed by atoms with Gasteiger partial charge in [-0.2, -0.15) is 15.2 Å². The summed E-state index contributed by atoms with van der Waals surface area (Å²) in [6.07, 6.45) is 9.04. The van der Waals surface area contributed by atoms with Crippen LogP contribution in [0.4, 0.5) is 11.5 Å². The first-order chi connectivity index (χ1) is 21.0. The molecule has 228 valence electrons. The van der Waals surface area contributed by atoms with Crippen molar-refractivity contribution in [2.45, 2.75) is 89.4 Å². The monoisotopic (exact) mass is 583 g/mol. The average molecular weight is 584 g/mol. The zero-order valence-electron chi connectivity index (χ0n) is 25.7. The van der Waals surface area contributed by atoms with Crippen molar-refractivity contribution >= 4 is 17.4 Å². The van der Waals surface area contributed by atoms with Gasteiger partial charge in [0.15, 0.2) is 0 Å². The van der Waals surface area contributed by atoms with Gasteiger partial charge in [-0.05, 0) is 76.6 Å². The zero-order chi connectivity index (χ0) is 29.9. The van der Waals surface area contributed by atoms with E-state index in [4.69, 9.17) is 14.7 Å². The molecule has 0 bridgehead atoms. The van der Waals surface area contributed by atoms with Crippen LogP contribution >= 0.6 is 0 Å². The summed E-state index contributed by atoms with van der Waals surface area (Å²) in [5.74, 6) is 0.794. The van der Waals surface area contributed by atoms with Crippen molar-refractivity contribution in [1.29, 1.82) is 5.26 Å². The Balaban J connectivity index is 1.29. The maximum absolute atomic E-state index is 12.6. The Morgan fingerprint density at radius 3 is 2.79 bits per heavy atom. The smallest absolute Gasteiger partial charge is 0.318 e. The fraction of sp³-hybridized carbons (Fsp3) is 0.588. The van der Waals surface area contributed by atoms with E-state index in [1.165, 1.54) is 35.7 Å². The number of ether oxygens (including phenoxy) is 1. The summed E-state index contributed by atoms with van der Waals surface area (Å²) in [6.45, 7) is 12.7. The number of anilines is 2. The molecule has 4 heterocycles. The van der Waals surface area contributed by atoms with Crippen LogP contribution in [-0.2, 0) is 24.1 Å². The molecule has 2 aromatic rings. The minimum absolute atomic E-state index is 0.121. The lowest BCUT2D eigenvalue weighted by atomic mass is 9.88. The van der Waals surface area contributed by atoms with E-state index >= 15 is 0 Å². The normalized spacial score (nSPS) is 24.0. The minimum atomic E-state index is -0.210. The van der Waals surface area contributed by atoms with Gasteiger partial charge >= 0.3 is 6.01 Å². The summed E-state index contributed by atoms with van der Waals surface area (Å²) in [6, 6.07) is 12.6. The number of carbonyl (C=O) groups is 1. The highest BCUT2D eigenvalue weighted by Crippen LogP contribution is 2.37. The van der Waals surface area contributed by atoms with E-state index in [9.17, 15) is 10.1 Å². The number of rotatable bonds is 8. The molecule has 43 heavy (non-hydrogen) atoms. The van der Waals surface area contributed by atoms with E-state index in [0.29, 0.717) is 50.4 Å². The van der Waals surface area contributed by atoms with Crippen LogP contribution in [0.15, 0.2) is 36.9 Å². The standard InChI is InChI=1S/C34H45N7O2/c1-4-32(42)41-20-19-38(22-27(41)15-16-35)33-29-14-13-26(40-18-7-10-25-9-5-6-12-31(25)40)21-30(29)36-34(37-33)43-23-28-11-8-17-39(28)24(2)3/h4-6,9,12,24,26-28H,1,7-8,10-11,13-15,17-23H2,2-3H3/t26?,27-,28-/m0/s1. The Kier molecular flexibility index (Phi) is 8.85. The minimum Gasteiger partial charge on any atom is -0.462 e. The number of nitriles is 1. The van der Waals surface area contributed by atoms with Crippen LogP contribution < -0.4 is 14.5 Å². The molecule has 2 fully saturated rings. The van der Waals surface area contributed by atoms with Crippen molar-refractivity contribution in [3.05, 3.63) is 53.7 Å². The molecule has 9 heteroatoms. The molecular weight excluding hydrogens is 538 g/mol. The number of aryl methyl sites for hydroxylation is 1. The van der Waals surface area contributed by atoms with Crippen LogP contribution in [0.1, 0.15) is 62.8 Å². The zero-order valence-corrected chi connectivity index (χ0v) is 25.7. The van der Waals surface area contributed by atoms with E-state index in [-0.39, 0.29) is 18.4 Å². The first kappa shape index (κ1) is 29.4. The number of hydrogen-bond acceptors (Lipinski definition) is 8. The molecule has 6 rings (SSSR count). The van der Waals surface area contributed by atoms with E-state index < -0.39 is 0 Å². The summed E-state index contributed by atoms with van der Waals surface area (Å²) in [5, 5.41) is 9.55. The maximum Gasteiger partial charge on any atom is 0.318 e. The van der Waals surface area contributed by atoms with Gasteiger partial charge in [0, 0.05) is 62.0 Å². The SMILES string of the molecule is C=CC(=O)N1CCN(c2nc(OC[C@@H]3CCCN3C(C)C)nc3c2CCC(N2CCCc4ccccc42)C3)C[C@@H]1CC#N. The van der Waals surface area contributed by atoms with Crippen molar-refractivity contribution in [2.24, 2.45) is 0 Å². The molecular formula is C34H45N7O2. The van der Waals surface area contributed by atoms with Gasteiger partial charge in [-0.3, -0.25) is 9.69 Å². The summed E-state index contributed by atoms with van der Waals surface area (Å²) in [4.78, 5) is 31.9. The number of piperazine rings is 1. The molecule has 1 amide bonds. The fourth-order valence-electron chi connectivity index (χ4n) is 7.71. The largest absolute Gasteiger partial charge is 0.462 e. The van der Waals surface area contributed by atoms with Crippen molar-refractivity contribution in [1.82, 2.24) is 19.8 Å². The second kappa shape index (κ2) is 12.9. The first-order valence-corrected chi connectivity index (χ1v) is 16.1. The molecule has 1 aliphatic carbocycles. The lowest BCUT2D eigenvalue weighted by Crippen LogP contribution is -2.55. The quantitative estimate of drug-likeness (QED) is 0.429. The molecule has 3 aliphatic heterocycles. The average Bonchev–Trinajstić information content (AvgIpc) is 3.52. The summed E-state index contributed by atoms with van der Waals surface area (Å²) < 4.78 is 6.42. The molecule has 0 radical (unpaired) electrons. The number of fused-ring (bicyclic) bond motifs is 2. The molecule has 1 aromatic heterocycles. The summed E-state index contributed by atoms with van der Waals surface area (Å²) in [5.41, 5.74) is 5.07. The van der Waals surface area contributed by atoms with Gasteiger partial charge in [0.05, 0.1) is 24.2 Å². The number of hydrogen-bond donors (Lipinski definition) is 0. The van der Waals surface area contributed by atoms with Crippen LogP contribution in [0.25, 0.3) is 0 Å². The third-order valence-electron chi connectivity index (χ3n) is 9.85. The van der Waals surface area contributed by atoms with E-state index in [1.54, 1.807) is 4.90 Å². The van der Waals surface area contributed by atoms with E-state index in [0.717, 1.165) is 56.7 Å². The second-order valence-electron chi connectivity index (χ2n) is 12.7. The van der Waals surface area contributed by atoms with Crippen LogP contribution in [0.2, 0.25) is 0 Å². The molecule has 1 unspecified atom stereocenters.